The quantitative estimate of drug-likeness (QED) is 0.866. The average molecular weight is 363 g/mol. The van der Waals surface area contributed by atoms with E-state index in [9.17, 15) is 9.59 Å². The van der Waals surface area contributed by atoms with Crippen LogP contribution in [0.4, 0.5) is 0 Å². The largest absolute Gasteiger partial charge is 0.334 e. The monoisotopic (exact) mass is 362 g/mol. The first-order valence-electron chi connectivity index (χ1n) is 8.72. The number of carbonyl (C=O) groups is 1. The van der Waals surface area contributed by atoms with Gasteiger partial charge in [0.2, 0.25) is 5.91 Å². The molecule has 2 atom stereocenters. The number of piperazine rings is 1. The van der Waals surface area contributed by atoms with Crippen LogP contribution in [0.2, 0.25) is 0 Å². The molecular formula is C18H23ClN4O2. The molecule has 1 aromatic heterocycles. The van der Waals surface area contributed by atoms with Crippen LogP contribution < -0.4 is 10.9 Å². The lowest BCUT2D eigenvalue weighted by molar-refractivity contribution is -0.135. The molecule has 2 aliphatic rings. The highest BCUT2D eigenvalue weighted by Crippen LogP contribution is 2.27. The van der Waals surface area contributed by atoms with Gasteiger partial charge in [-0.1, -0.05) is 18.2 Å². The van der Waals surface area contributed by atoms with Gasteiger partial charge in [0, 0.05) is 37.0 Å². The van der Waals surface area contributed by atoms with Crippen LogP contribution in [0.3, 0.4) is 0 Å². The van der Waals surface area contributed by atoms with Crippen LogP contribution in [0.15, 0.2) is 29.1 Å². The minimum atomic E-state index is -0.164. The van der Waals surface area contributed by atoms with Gasteiger partial charge in [-0.05, 0) is 31.7 Å². The summed E-state index contributed by atoms with van der Waals surface area (Å²) in [6.07, 6.45) is 4.24. The molecule has 7 heteroatoms. The number of nitrogens with zero attached hydrogens (tertiary/aromatic N) is 2. The third-order valence-electron chi connectivity index (χ3n) is 5.25. The number of carbonyl (C=O) groups excluding carboxylic acids is 1. The van der Waals surface area contributed by atoms with Gasteiger partial charge in [0.25, 0.3) is 5.56 Å². The fourth-order valence-corrected chi connectivity index (χ4v) is 4.08. The Hall–Kier alpha value is -1.92. The van der Waals surface area contributed by atoms with Crippen molar-refractivity contribution >= 4 is 29.1 Å². The number of H-pyrrole nitrogens is 1. The summed E-state index contributed by atoms with van der Waals surface area (Å²) in [5, 5.41) is 11.7. The van der Waals surface area contributed by atoms with E-state index in [1.165, 1.54) is 0 Å². The predicted molar refractivity (Wildman–Crippen MR) is 99.1 cm³/mol. The fourth-order valence-electron chi connectivity index (χ4n) is 4.08. The van der Waals surface area contributed by atoms with Gasteiger partial charge in [-0.15, -0.1) is 12.4 Å². The van der Waals surface area contributed by atoms with E-state index in [4.69, 9.17) is 0 Å². The van der Waals surface area contributed by atoms with E-state index in [-0.39, 0.29) is 23.9 Å². The smallest absolute Gasteiger partial charge is 0.272 e. The SMILES string of the molecule is Cl.O=C(CCCc1n[nH]c(=O)c2ccccc12)N1C2CCC1CNC2. The number of aromatic nitrogens is 2. The molecule has 2 aromatic rings. The minimum Gasteiger partial charge on any atom is -0.334 e. The number of rotatable bonds is 4. The number of aryl methyl sites for hydroxylation is 1. The maximum absolute atomic E-state index is 12.6. The van der Waals surface area contributed by atoms with Gasteiger partial charge in [0.1, 0.15) is 0 Å². The summed E-state index contributed by atoms with van der Waals surface area (Å²) in [7, 11) is 0. The topological polar surface area (TPSA) is 78.1 Å². The van der Waals surface area contributed by atoms with Crippen LogP contribution in [0.5, 0.6) is 0 Å². The Morgan fingerprint density at radius 2 is 1.84 bits per heavy atom. The Labute approximate surface area is 152 Å². The highest BCUT2D eigenvalue weighted by Gasteiger charge is 2.38. The number of benzene rings is 1. The molecule has 2 bridgehead atoms. The summed E-state index contributed by atoms with van der Waals surface area (Å²) in [5.41, 5.74) is 0.698. The third kappa shape index (κ3) is 3.41. The van der Waals surface area contributed by atoms with Crippen molar-refractivity contribution in [3.8, 4) is 0 Å². The van der Waals surface area contributed by atoms with Crippen molar-refractivity contribution in [2.45, 2.75) is 44.2 Å². The van der Waals surface area contributed by atoms with E-state index < -0.39 is 0 Å². The van der Waals surface area contributed by atoms with Crippen molar-refractivity contribution in [2.75, 3.05) is 13.1 Å². The van der Waals surface area contributed by atoms with Crippen LogP contribution in [0.1, 0.15) is 31.4 Å². The molecule has 0 radical (unpaired) electrons. The molecule has 3 heterocycles. The summed E-state index contributed by atoms with van der Waals surface area (Å²) in [5.74, 6) is 0.262. The van der Waals surface area contributed by atoms with Crippen molar-refractivity contribution in [1.82, 2.24) is 20.4 Å². The fraction of sp³-hybridized carbons (Fsp3) is 0.500. The number of hydrogen-bond acceptors (Lipinski definition) is 4. The van der Waals surface area contributed by atoms with E-state index in [0.29, 0.717) is 30.3 Å². The molecule has 134 valence electrons. The van der Waals surface area contributed by atoms with Crippen molar-refractivity contribution in [2.24, 2.45) is 0 Å². The van der Waals surface area contributed by atoms with Crippen LogP contribution in [0.25, 0.3) is 10.8 Å². The second-order valence-corrected chi connectivity index (χ2v) is 6.74. The third-order valence-corrected chi connectivity index (χ3v) is 5.25. The second-order valence-electron chi connectivity index (χ2n) is 6.74. The normalized spacial score (nSPS) is 22.0. The predicted octanol–water partition coefficient (Wildman–Crippen LogP) is 1.63. The zero-order valence-corrected chi connectivity index (χ0v) is 14.8. The van der Waals surface area contributed by atoms with Crippen LogP contribution in [-0.4, -0.2) is 46.2 Å². The molecule has 25 heavy (non-hydrogen) atoms. The number of aromatic amines is 1. The molecule has 4 rings (SSSR count). The molecule has 1 amide bonds. The summed E-state index contributed by atoms with van der Waals surface area (Å²) in [6.45, 7) is 1.85. The lowest BCUT2D eigenvalue weighted by atomic mass is 10.1. The molecular weight excluding hydrogens is 340 g/mol. The summed E-state index contributed by atoms with van der Waals surface area (Å²) >= 11 is 0. The lowest BCUT2D eigenvalue weighted by Crippen LogP contribution is -2.54. The van der Waals surface area contributed by atoms with E-state index in [2.05, 4.69) is 20.4 Å². The minimum absolute atomic E-state index is 0. The number of amides is 1. The second kappa shape index (κ2) is 7.54. The van der Waals surface area contributed by atoms with E-state index in [1.54, 1.807) is 0 Å². The molecule has 2 fully saturated rings. The lowest BCUT2D eigenvalue weighted by Gasteiger charge is -2.35. The van der Waals surface area contributed by atoms with Crippen molar-refractivity contribution < 1.29 is 4.79 Å². The van der Waals surface area contributed by atoms with Gasteiger partial charge in [-0.2, -0.15) is 5.10 Å². The van der Waals surface area contributed by atoms with Crippen LogP contribution >= 0.6 is 12.4 Å². The number of halogens is 1. The molecule has 2 N–H and O–H groups in total. The summed E-state index contributed by atoms with van der Waals surface area (Å²) < 4.78 is 0. The van der Waals surface area contributed by atoms with Crippen molar-refractivity contribution in [3.63, 3.8) is 0 Å². The first-order valence-corrected chi connectivity index (χ1v) is 8.72. The Bertz CT molecular complexity index is 806. The highest BCUT2D eigenvalue weighted by atomic mass is 35.5. The van der Waals surface area contributed by atoms with Crippen LogP contribution in [-0.2, 0) is 11.2 Å². The maximum atomic E-state index is 12.6. The molecule has 2 unspecified atom stereocenters. The molecule has 1 aromatic carbocycles. The zero-order chi connectivity index (χ0) is 16.5. The molecule has 0 spiro atoms. The molecule has 2 aliphatic heterocycles. The van der Waals surface area contributed by atoms with Gasteiger partial charge >= 0.3 is 0 Å². The van der Waals surface area contributed by atoms with Gasteiger partial charge in [0.05, 0.1) is 11.1 Å². The van der Waals surface area contributed by atoms with Gasteiger partial charge in [-0.25, -0.2) is 5.10 Å². The standard InChI is InChI=1S/C18H22N4O2.ClH/c23-17(22-12-8-9-13(22)11-19-10-12)7-3-6-16-14-4-1-2-5-15(14)18(24)21-20-16;/h1-2,4-5,12-13,19H,3,6-11H2,(H,21,24);1H. The van der Waals surface area contributed by atoms with Crippen LogP contribution in [0, 0.1) is 0 Å². The Morgan fingerprint density at radius 3 is 2.56 bits per heavy atom. The Morgan fingerprint density at radius 1 is 1.16 bits per heavy atom. The summed E-state index contributed by atoms with van der Waals surface area (Å²) in [4.78, 5) is 26.5. The van der Waals surface area contributed by atoms with E-state index in [1.807, 2.05) is 24.3 Å². The first-order chi connectivity index (χ1) is 11.7. The number of fused-ring (bicyclic) bond motifs is 3. The average Bonchev–Trinajstić information content (AvgIpc) is 2.86. The van der Waals surface area contributed by atoms with Gasteiger partial charge in [0.15, 0.2) is 0 Å². The van der Waals surface area contributed by atoms with Crippen molar-refractivity contribution in [1.29, 1.82) is 0 Å². The van der Waals surface area contributed by atoms with E-state index in [0.717, 1.165) is 43.4 Å². The molecule has 0 saturated carbocycles. The van der Waals surface area contributed by atoms with Gasteiger partial charge < -0.3 is 10.2 Å². The Balaban J connectivity index is 0.00000182. The zero-order valence-electron chi connectivity index (χ0n) is 14.0. The number of nitrogens with one attached hydrogen (secondary N) is 2. The summed E-state index contributed by atoms with van der Waals surface area (Å²) in [6, 6.07) is 8.25. The molecule has 0 aliphatic carbocycles. The maximum Gasteiger partial charge on any atom is 0.272 e. The highest BCUT2D eigenvalue weighted by molar-refractivity contribution is 5.85. The van der Waals surface area contributed by atoms with Crippen molar-refractivity contribution in [3.05, 3.63) is 40.3 Å². The Kier molecular flexibility index (Phi) is 5.39. The first kappa shape index (κ1) is 17.9. The number of hydrogen-bond donors (Lipinski definition) is 2. The molecule has 6 nitrogen and oxygen atoms in total. The van der Waals surface area contributed by atoms with E-state index >= 15 is 0 Å². The van der Waals surface area contributed by atoms with Gasteiger partial charge in [-0.3, -0.25) is 9.59 Å². The molecule has 2 saturated heterocycles.